The van der Waals surface area contributed by atoms with Gasteiger partial charge in [0.05, 0.1) is 14.9 Å². The molecule has 1 heterocycles. The first-order valence-corrected chi connectivity index (χ1v) is 9.95. The molecule has 0 amide bonds. The highest BCUT2D eigenvalue weighted by atomic mass is 35.5. The van der Waals surface area contributed by atoms with E-state index >= 15 is 0 Å². The molecule has 2 aromatic rings. The van der Waals surface area contributed by atoms with Crippen molar-refractivity contribution in [3.63, 3.8) is 0 Å². The molecule has 0 unspecified atom stereocenters. The second kappa shape index (κ2) is 7.11. The quantitative estimate of drug-likeness (QED) is 0.779. The van der Waals surface area contributed by atoms with E-state index in [0.717, 1.165) is 11.8 Å². The molecular formula is C17H17Cl2FN2O2S. The van der Waals surface area contributed by atoms with E-state index in [2.05, 4.69) is 0 Å². The van der Waals surface area contributed by atoms with Crippen LogP contribution in [0.5, 0.6) is 0 Å². The van der Waals surface area contributed by atoms with Gasteiger partial charge in [0, 0.05) is 31.9 Å². The average Bonchev–Trinajstić information content (AvgIpc) is 2.59. The number of hydrogen-bond donors (Lipinski definition) is 0. The van der Waals surface area contributed by atoms with Crippen LogP contribution in [0, 0.1) is 12.7 Å². The number of nitrogens with zero attached hydrogens (tertiary/aromatic N) is 2. The number of piperazine rings is 1. The predicted octanol–water partition coefficient (Wildman–Crippen LogP) is 3.95. The molecule has 134 valence electrons. The Morgan fingerprint density at radius 1 is 0.960 bits per heavy atom. The van der Waals surface area contributed by atoms with Crippen molar-refractivity contribution in [2.45, 2.75) is 11.8 Å². The summed E-state index contributed by atoms with van der Waals surface area (Å²) in [6.45, 7) is 3.34. The minimum Gasteiger partial charge on any atom is -0.369 e. The Hall–Kier alpha value is -1.34. The maximum atomic E-state index is 13.5. The minimum atomic E-state index is -3.72. The third-order valence-electron chi connectivity index (χ3n) is 4.27. The zero-order valence-corrected chi connectivity index (χ0v) is 15.9. The van der Waals surface area contributed by atoms with Crippen LogP contribution in [0.3, 0.4) is 0 Å². The SMILES string of the molecule is Cc1ccc(F)cc1S(=O)(=O)N1CCN(c2ccc(Cl)c(Cl)c2)CC1. The number of hydrogen-bond acceptors (Lipinski definition) is 3. The van der Waals surface area contributed by atoms with Gasteiger partial charge in [0.15, 0.2) is 0 Å². The van der Waals surface area contributed by atoms with Crippen LogP contribution in [0.4, 0.5) is 10.1 Å². The molecule has 3 rings (SSSR count). The van der Waals surface area contributed by atoms with Gasteiger partial charge in [-0.15, -0.1) is 0 Å². The van der Waals surface area contributed by atoms with E-state index in [9.17, 15) is 12.8 Å². The van der Waals surface area contributed by atoms with Crippen molar-refractivity contribution >= 4 is 38.9 Å². The van der Waals surface area contributed by atoms with Gasteiger partial charge < -0.3 is 4.90 Å². The molecule has 0 N–H and O–H groups in total. The zero-order valence-electron chi connectivity index (χ0n) is 13.5. The Balaban J connectivity index is 1.77. The van der Waals surface area contributed by atoms with E-state index in [-0.39, 0.29) is 4.90 Å². The van der Waals surface area contributed by atoms with Gasteiger partial charge in [0.2, 0.25) is 10.0 Å². The maximum absolute atomic E-state index is 13.5. The Morgan fingerprint density at radius 2 is 1.64 bits per heavy atom. The van der Waals surface area contributed by atoms with Crippen LogP contribution in [0.2, 0.25) is 10.0 Å². The molecule has 0 atom stereocenters. The molecule has 1 aliphatic heterocycles. The monoisotopic (exact) mass is 402 g/mol. The summed E-state index contributed by atoms with van der Waals surface area (Å²) in [5.74, 6) is -0.557. The predicted molar refractivity (Wildman–Crippen MR) is 98.6 cm³/mol. The van der Waals surface area contributed by atoms with Gasteiger partial charge in [-0.3, -0.25) is 0 Å². The smallest absolute Gasteiger partial charge is 0.243 e. The second-order valence-corrected chi connectivity index (χ2v) is 8.62. The van der Waals surface area contributed by atoms with Gasteiger partial charge in [0.1, 0.15) is 5.82 Å². The largest absolute Gasteiger partial charge is 0.369 e. The van der Waals surface area contributed by atoms with Crippen molar-refractivity contribution in [3.05, 3.63) is 57.8 Å². The summed E-state index contributed by atoms with van der Waals surface area (Å²) < 4.78 is 40.5. The third-order valence-corrected chi connectivity index (χ3v) is 7.05. The summed E-state index contributed by atoms with van der Waals surface area (Å²) in [5, 5.41) is 0.942. The van der Waals surface area contributed by atoms with Crippen LogP contribution in [0.15, 0.2) is 41.3 Å². The molecule has 2 aromatic carbocycles. The van der Waals surface area contributed by atoms with Crippen molar-refractivity contribution in [1.82, 2.24) is 4.31 Å². The second-order valence-electron chi connectivity index (χ2n) is 5.90. The summed E-state index contributed by atoms with van der Waals surface area (Å²) in [6, 6.07) is 9.17. The van der Waals surface area contributed by atoms with E-state index in [4.69, 9.17) is 23.2 Å². The lowest BCUT2D eigenvalue weighted by atomic mass is 10.2. The molecule has 0 bridgehead atoms. The highest BCUT2D eigenvalue weighted by Crippen LogP contribution is 2.29. The first-order valence-electron chi connectivity index (χ1n) is 7.75. The minimum absolute atomic E-state index is 0.0236. The topological polar surface area (TPSA) is 40.6 Å². The van der Waals surface area contributed by atoms with Crippen LogP contribution in [0.1, 0.15) is 5.56 Å². The van der Waals surface area contributed by atoms with Gasteiger partial charge in [0.25, 0.3) is 0 Å². The van der Waals surface area contributed by atoms with Crippen molar-refractivity contribution in [1.29, 1.82) is 0 Å². The van der Waals surface area contributed by atoms with Gasteiger partial charge >= 0.3 is 0 Å². The third kappa shape index (κ3) is 3.77. The number of benzene rings is 2. The Morgan fingerprint density at radius 3 is 2.28 bits per heavy atom. The molecule has 1 saturated heterocycles. The number of halogens is 3. The van der Waals surface area contributed by atoms with Crippen LogP contribution in [0.25, 0.3) is 0 Å². The fourth-order valence-corrected chi connectivity index (χ4v) is 4.81. The van der Waals surface area contributed by atoms with Gasteiger partial charge in [-0.1, -0.05) is 29.3 Å². The van der Waals surface area contributed by atoms with E-state index < -0.39 is 15.8 Å². The molecule has 0 aliphatic carbocycles. The van der Waals surface area contributed by atoms with Gasteiger partial charge in [-0.25, -0.2) is 12.8 Å². The number of sulfonamides is 1. The van der Waals surface area contributed by atoms with E-state index in [1.54, 1.807) is 19.1 Å². The molecule has 8 heteroatoms. The molecule has 0 saturated carbocycles. The Bertz CT molecular complexity index is 898. The Labute approximate surface area is 156 Å². The standard InChI is InChI=1S/C17H17Cl2FN2O2S/c1-12-2-3-13(20)10-17(12)25(23,24)22-8-6-21(7-9-22)14-4-5-15(18)16(19)11-14/h2-5,10-11H,6-9H2,1H3. The summed E-state index contributed by atoms with van der Waals surface area (Å²) in [4.78, 5) is 2.07. The van der Waals surface area contributed by atoms with Crippen LogP contribution < -0.4 is 4.90 Å². The highest BCUT2D eigenvalue weighted by molar-refractivity contribution is 7.89. The average molecular weight is 403 g/mol. The molecule has 0 aromatic heterocycles. The molecule has 0 spiro atoms. The molecule has 1 fully saturated rings. The van der Waals surface area contributed by atoms with Gasteiger partial charge in [-0.05, 0) is 42.8 Å². The normalized spacial score (nSPS) is 16.2. The maximum Gasteiger partial charge on any atom is 0.243 e. The summed E-state index contributed by atoms with van der Waals surface area (Å²) in [5.41, 5.74) is 1.43. The fourth-order valence-electron chi connectivity index (χ4n) is 2.86. The summed E-state index contributed by atoms with van der Waals surface area (Å²) in [6.07, 6.45) is 0. The molecule has 4 nitrogen and oxygen atoms in total. The molecular weight excluding hydrogens is 386 g/mol. The van der Waals surface area contributed by atoms with E-state index in [1.165, 1.54) is 16.4 Å². The highest BCUT2D eigenvalue weighted by Gasteiger charge is 2.30. The van der Waals surface area contributed by atoms with Crippen molar-refractivity contribution in [2.75, 3.05) is 31.1 Å². The first-order chi connectivity index (χ1) is 11.8. The number of anilines is 1. The lowest BCUT2D eigenvalue weighted by Crippen LogP contribution is -2.48. The first kappa shape index (κ1) is 18.5. The van der Waals surface area contributed by atoms with E-state index in [0.29, 0.717) is 41.8 Å². The van der Waals surface area contributed by atoms with E-state index in [1.807, 2.05) is 11.0 Å². The summed E-state index contributed by atoms with van der Waals surface area (Å²) >= 11 is 12.0. The van der Waals surface area contributed by atoms with Gasteiger partial charge in [-0.2, -0.15) is 4.31 Å². The van der Waals surface area contributed by atoms with Crippen LogP contribution in [-0.4, -0.2) is 38.9 Å². The number of aryl methyl sites for hydroxylation is 1. The van der Waals surface area contributed by atoms with Crippen molar-refractivity contribution in [3.8, 4) is 0 Å². The molecule has 25 heavy (non-hydrogen) atoms. The van der Waals surface area contributed by atoms with Crippen molar-refractivity contribution in [2.24, 2.45) is 0 Å². The Kier molecular flexibility index (Phi) is 5.25. The van der Waals surface area contributed by atoms with Crippen LogP contribution in [-0.2, 0) is 10.0 Å². The zero-order chi connectivity index (χ0) is 18.2. The molecule has 1 aliphatic rings. The number of rotatable bonds is 3. The fraction of sp³-hybridized carbons (Fsp3) is 0.294. The summed E-state index contributed by atoms with van der Waals surface area (Å²) in [7, 11) is -3.72. The lowest BCUT2D eigenvalue weighted by molar-refractivity contribution is 0.384. The van der Waals surface area contributed by atoms with Crippen molar-refractivity contribution < 1.29 is 12.8 Å². The molecule has 0 radical (unpaired) electrons. The van der Waals surface area contributed by atoms with Crippen LogP contribution >= 0.6 is 23.2 Å². The lowest BCUT2D eigenvalue weighted by Gasteiger charge is -2.35.